The number of para-hydroxylation sites is 1. The molecule has 1 fully saturated rings. The Morgan fingerprint density at radius 1 is 0.939 bits per heavy atom. The predicted octanol–water partition coefficient (Wildman–Crippen LogP) is 3.51. The van der Waals surface area contributed by atoms with Crippen molar-refractivity contribution >= 4 is 27.8 Å². The molecular weight excluding hydrogens is 416 g/mol. The minimum absolute atomic E-state index is 0.101. The highest BCUT2D eigenvalue weighted by Crippen LogP contribution is 2.25. The molecule has 1 aliphatic rings. The third kappa shape index (κ3) is 4.55. The first-order valence-electron chi connectivity index (χ1n) is 11.4. The lowest BCUT2D eigenvalue weighted by Crippen LogP contribution is -2.47. The van der Waals surface area contributed by atoms with Crippen LogP contribution in [-0.4, -0.2) is 63.6 Å². The van der Waals surface area contributed by atoms with Gasteiger partial charge in [0.05, 0.1) is 17.2 Å². The van der Waals surface area contributed by atoms with Gasteiger partial charge in [-0.15, -0.1) is 0 Å². The molecule has 1 aliphatic heterocycles. The summed E-state index contributed by atoms with van der Waals surface area (Å²) in [5, 5.41) is 11.2. The molecule has 170 valence electrons. The van der Waals surface area contributed by atoms with Crippen LogP contribution in [0.2, 0.25) is 0 Å². The number of fused-ring (bicyclic) bond motifs is 2. The second-order valence-electron chi connectivity index (χ2n) is 9.02. The van der Waals surface area contributed by atoms with Crippen molar-refractivity contribution in [3.63, 3.8) is 0 Å². The zero-order valence-corrected chi connectivity index (χ0v) is 18.7. The third-order valence-electron chi connectivity index (χ3n) is 6.55. The second kappa shape index (κ2) is 8.84. The normalized spacial score (nSPS) is 16.4. The number of carbonyl (C=O) groups is 1. The van der Waals surface area contributed by atoms with Gasteiger partial charge in [-0.2, -0.15) is 0 Å². The smallest absolute Gasteiger partial charge is 0.307 e. The molecule has 1 unspecified atom stereocenters. The molecule has 33 heavy (non-hydrogen) atoms. The molecule has 1 atom stereocenters. The lowest BCUT2D eigenvalue weighted by atomic mass is 10.1. The number of carboxylic acids is 1. The van der Waals surface area contributed by atoms with Crippen molar-refractivity contribution in [1.82, 2.24) is 19.8 Å². The average molecular weight is 445 g/mol. The predicted molar refractivity (Wildman–Crippen MR) is 130 cm³/mol. The lowest BCUT2D eigenvalue weighted by Gasteiger charge is -2.35. The van der Waals surface area contributed by atoms with Crippen LogP contribution in [0, 0.1) is 5.92 Å². The van der Waals surface area contributed by atoms with E-state index in [0.29, 0.717) is 12.1 Å². The standard InChI is InChI=1S/C26H28N4O3/c1-17(26(32)33)15-29-8-10-30(11-9-29)16-18-6-7-23-20(12-18)14-24(27-23)21-13-19-4-2-3-5-22(19)28-25(21)31/h2-7,12-14,17,27H,8-11,15-16H2,1H3,(H,28,31)(H,32,33). The van der Waals surface area contributed by atoms with Gasteiger partial charge in [0.15, 0.2) is 0 Å². The maximum absolute atomic E-state index is 12.7. The molecule has 0 aliphatic carbocycles. The van der Waals surface area contributed by atoms with E-state index in [1.807, 2.05) is 36.4 Å². The molecular formula is C26H28N4O3. The monoisotopic (exact) mass is 444 g/mol. The number of piperazine rings is 1. The van der Waals surface area contributed by atoms with E-state index in [1.54, 1.807) is 6.92 Å². The van der Waals surface area contributed by atoms with Crippen LogP contribution in [0.1, 0.15) is 12.5 Å². The molecule has 7 nitrogen and oxygen atoms in total. The van der Waals surface area contributed by atoms with E-state index in [1.165, 1.54) is 5.56 Å². The van der Waals surface area contributed by atoms with Crippen LogP contribution in [0.4, 0.5) is 0 Å². The van der Waals surface area contributed by atoms with Crippen molar-refractivity contribution in [2.75, 3.05) is 32.7 Å². The van der Waals surface area contributed by atoms with Crippen LogP contribution in [0.25, 0.3) is 33.1 Å². The van der Waals surface area contributed by atoms with E-state index in [9.17, 15) is 9.59 Å². The largest absolute Gasteiger partial charge is 0.481 e. The maximum atomic E-state index is 12.7. The zero-order valence-electron chi connectivity index (χ0n) is 18.7. The van der Waals surface area contributed by atoms with Crippen LogP contribution in [-0.2, 0) is 11.3 Å². The molecule has 0 bridgehead atoms. The fourth-order valence-corrected chi connectivity index (χ4v) is 4.63. The summed E-state index contributed by atoms with van der Waals surface area (Å²) in [6.45, 7) is 6.85. The first-order chi connectivity index (χ1) is 16.0. The van der Waals surface area contributed by atoms with Gasteiger partial charge >= 0.3 is 5.97 Å². The summed E-state index contributed by atoms with van der Waals surface area (Å²) in [6.07, 6.45) is 0. The van der Waals surface area contributed by atoms with E-state index >= 15 is 0 Å². The number of hydrogen-bond acceptors (Lipinski definition) is 4. The molecule has 7 heteroatoms. The van der Waals surface area contributed by atoms with E-state index < -0.39 is 5.97 Å². The summed E-state index contributed by atoms with van der Waals surface area (Å²) in [5.41, 5.74) is 4.42. The number of nitrogens with zero attached hydrogens (tertiary/aromatic N) is 2. The van der Waals surface area contributed by atoms with Gasteiger partial charge in [0.1, 0.15) is 0 Å². The molecule has 1 saturated heterocycles. The van der Waals surface area contributed by atoms with Gasteiger partial charge < -0.3 is 15.1 Å². The molecule has 0 amide bonds. The van der Waals surface area contributed by atoms with Gasteiger partial charge in [-0.3, -0.25) is 19.4 Å². The molecule has 0 spiro atoms. The fourth-order valence-electron chi connectivity index (χ4n) is 4.63. The summed E-state index contributed by atoms with van der Waals surface area (Å²) >= 11 is 0. The highest BCUT2D eigenvalue weighted by atomic mass is 16.4. The number of aliphatic carboxylic acids is 1. The van der Waals surface area contributed by atoms with E-state index in [4.69, 9.17) is 5.11 Å². The molecule has 0 saturated carbocycles. The Labute approximate surface area is 191 Å². The number of rotatable bonds is 6. The minimum atomic E-state index is -0.734. The second-order valence-corrected chi connectivity index (χ2v) is 9.02. The third-order valence-corrected chi connectivity index (χ3v) is 6.55. The van der Waals surface area contributed by atoms with Gasteiger partial charge in [-0.1, -0.05) is 31.2 Å². The molecule has 2 aromatic heterocycles. The Kier molecular flexibility index (Phi) is 5.74. The van der Waals surface area contributed by atoms with Gasteiger partial charge in [0.2, 0.25) is 0 Å². The van der Waals surface area contributed by atoms with Crippen molar-refractivity contribution in [1.29, 1.82) is 0 Å². The molecule has 3 N–H and O–H groups in total. The maximum Gasteiger partial charge on any atom is 0.307 e. The number of benzene rings is 2. The number of hydrogen-bond donors (Lipinski definition) is 3. The highest BCUT2D eigenvalue weighted by molar-refractivity contribution is 5.89. The summed E-state index contributed by atoms with van der Waals surface area (Å²) < 4.78 is 0. The van der Waals surface area contributed by atoms with Crippen LogP contribution in [0.15, 0.2) is 59.4 Å². The first kappa shape index (κ1) is 21.4. The SMILES string of the molecule is CC(CN1CCN(Cc2ccc3[nH]c(-c4cc5ccccc5[nH]c4=O)cc3c2)CC1)C(=O)O. The van der Waals surface area contributed by atoms with Crippen LogP contribution in [0.3, 0.4) is 0 Å². The van der Waals surface area contributed by atoms with E-state index in [2.05, 4.69) is 38.0 Å². The summed E-state index contributed by atoms with van der Waals surface area (Å²) in [5.74, 6) is -1.07. The Morgan fingerprint density at radius 3 is 2.45 bits per heavy atom. The Morgan fingerprint density at radius 2 is 1.67 bits per heavy atom. The molecule has 3 heterocycles. The molecule has 5 rings (SSSR count). The highest BCUT2D eigenvalue weighted by Gasteiger charge is 2.21. The van der Waals surface area contributed by atoms with E-state index in [0.717, 1.165) is 60.2 Å². The van der Waals surface area contributed by atoms with Crippen LogP contribution in [0.5, 0.6) is 0 Å². The van der Waals surface area contributed by atoms with Crippen molar-refractivity contribution in [2.45, 2.75) is 13.5 Å². The average Bonchev–Trinajstić information content (AvgIpc) is 3.23. The lowest BCUT2D eigenvalue weighted by molar-refractivity contribution is -0.141. The molecule has 2 aromatic carbocycles. The fraction of sp³-hybridized carbons (Fsp3) is 0.308. The summed E-state index contributed by atoms with van der Waals surface area (Å²) in [4.78, 5) is 34.8. The number of H-pyrrole nitrogens is 2. The number of carboxylic acid groups (broad SMARTS) is 1. The van der Waals surface area contributed by atoms with Crippen molar-refractivity contribution in [3.8, 4) is 11.3 Å². The minimum Gasteiger partial charge on any atom is -0.481 e. The first-order valence-corrected chi connectivity index (χ1v) is 11.4. The Bertz CT molecular complexity index is 1360. The van der Waals surface area contributed by atoms with Gasteiger partial charge in [-0.05, 0) is 41.3 Å². The van der Waals surface area contributed by atoms with Crippen molar-refractivity contribution in [3.05, 3.63) is 70.5 Å². The van der Waals surface area contributed by atoms with E-state index in [-0.39, 0.29) is 11.5 Å². The number of aromatic amines is 2. The Hall–Kier alpha value is -3.42. The van der Waals surface area contributed by atoms with Crippen LogP contribution >= 0.6 is 0 Å². The Balaban J connectivity index is 1.30. The van der Waals surface area contributed by atoms with Gasteiger partial charge in [0, 0.05) is 55.7 Å². The molecule has 4 aromatic rings. The topological polar surface area (TPSA) is 92.4 Å². The van der Waals surface area contributed by atoms with Crippen LogP contribution < -0.4 is 5.56 Å². The number of pyridine rings is 1. The van der Waals surface area contributed by atoms with Crippen molar-refractivity contribution in [2.24, 2.45) is 5.92 Å². The quantitative estimate of drug-likeness (QED) is 0.423. The van der Waals surface area contributed by atoms with Crippen molar-refractivity contribution < 1.29 is 9.90 Å². The zero-order chi connectivity index (χ0) is 22.9. The van der Waals surface area contributed by atoms with Gasteiger partial charge in [-0.25, -0.2) is 0 Å². The number of aromatic nitrogens is 2. The summed E-state index contributed by atoms with van der Waals surface area (Å²) in [6, 6.07) is 18.2. The number of nitrogens with one attached hydrogen (secondary N) is 2. The molecule has 0 radical (unpaired) electrons. The van der Waals surface area contributed by atoms with Gasteiger partial charge in [0.25, 0.3) is 5.56 Å². The summed E-state index contributed by atoms with van der Waals surface area (Å²) in [7, 11) is 0.